The van der Waals surface area contributed by atoms with Crippen LogP contribution in [-0.4, -0.2) is 104 Å². The second kappa shape index (κ2) is 41.0. The Balaban J connectivity index is 0.000000221. The van der Waals surface area contributed by atoms with E-state index in [2.05, 4.69) is 159 Å². The van der Waals surface area contributed by atoms with Crippen LogP contribution < -0.4 is 76.5 Å². The number of hydrogen-bond donors (Lipinski definition) is 12. The Hall–Kier alpha value is -11.4. The Kier molecular flexibility index (Phi) is 30.5. The number of nitrogens with one attached hydrogen (secondary N) is 6. The standard InChI is InChI=1S/2C47H32Br4N4O10.2BrH/c2*1-20(26-15-34(30(50)17-28(26)48)54-32-11-13-36(56)40-38(32)42(58)22-7-3-5-9-24(22)44(40)60)64-46(62)52-19-53-47(63)65-21(2)27-16-35(31(51)18-29(27)49)55-33-12-14-37(57)41-39(33)43(59)23-8-4-6-10-25(23)45(41)61;;/h2*3-18,20-21,54-57H,19H2,1-2H3,(H,52,62)(H,53,63);2*1H. The minimum absolute atomic E-state index is 0. The van der Waals surface area contributed by atoms with E-state index in [1.165, 1.54) is 36.4 Å². The van der Waals surface area contributed by atoms with Gasteiger partial charge in [-0.2, -0.15) is 0 Å². The molecule has 0 radical (unpaired) electrons. The van der Waals surface area contributed by atoms with E-state index >= 15 is 0 Å². The number of alkyl carbamates (subject to hydrolysis) is 4. The molecular formula is C94H66Br10N8O20. The monoisotopic (exact) mass is 2420 g/mol. The number of rotatable bonds is 20. The average Bonchev–Trinajstić information content (AvgIpc) is 0.754. The number of halogens is 10. The van der Waals surface area contributed by atoms with Gasteiger partial charge in [-0.05, 0) is 164 Å². The molecular weight excluding hydrogens is 2360 g/mol. The fourth-order valence-electron chi connectivity index (χ4n) is 15.3. The third-order valence-corrected chi connectivity index (χ3v) is 27.1. The molecule has 0 fully saturated rings. The molecule has 38 heteroatoms. The molecule has 0 saturated heterocycles. The first-order chi connectivity index (χ1) is 62.1. The molecule has 4 aliphatic carbocycles. The molecule has 0 saturated carbocycles. The van der Waals surface area contributed by atoms with Gasteiger partial charge >= 0.3 is 24.4 Å². The van der Waals surface area contributed by atoms with Crippen molar-refractivity contribution in [1.82, 2.24) is 21.3 Å². The lowest BCUT2D eigenvalue weighted by Crippen LogP contribution is -3.00. The van der Waals surface area contributed by atoms with Gasteiger partial charge in [0.1, 0.15) is 70.2 Å². The van der Waals surface area contributed by atoms with Gasteiger partial charge in [-0.15, -0.1) is 0 Å². The molecule has 4 atom stereocenters. The minimum atomic E-state index is -0.864. The number of phenolic OH excluding ortho intramolecular Hbond substituents is 4. The van der Waals surface area contributed by atoms with E-state index in [4.69, 9.17) is 18.9 Å². The smallest absolute Gasteiger partial charge is 0.409 e. The third-order valence-electron chi connectivity index (χ3n) is 21.7. The van der Waals surface area contributed by atoms with Crippen LogP contribution in [0.2, 0.25) is 0 Å². The van der Waals surface area contributed by atoms with Gasteiger partial charge in [0.05, 0.1) is 89.5 Å². The predicted octanol–water partition coefficient (Wildman–Crippen LogP) is 14.4. The van der Waals surface area contributed by atoms with Crippen LogP contribution >= 0.6 is 127 Å². The summed E-state index contributed by atoms with van der Waals surface area (Å²) in [6.07, 6.45) is -6.74. The number of nitrogens with two attached hydrogens (primary N) is 2. The van der Waals surface area contributed by atoms with Gasteiger partial charge < -0.3 is 105 Å². The topological polar surface area (TPSA) is 428 Å². The fourth-order valence-corrected chi connectivity index (χ4v) is 21.0. The maximum absolute atomic E-state index is 13.7. The van der Waals surface area contributed by atoms with Crippen LogP contribution in [0.15, 0.2) is 230 Å². The highest BCUT2D eigenvalue weighted by Gasteiger charge is 2.41. The highest BCUT2D eigenvalue weighted by molar-refractivity contribution is 9.12. The number of anilines is 4. The second-order valence-electron chi connectivity index (χ2n) is 29.7. The van der Waals surface area contributed by atoms with Crippen LogP contribution in [0.25, 0.3) is 0 Å². The molecule has 0 aromatic heterocycles. The molecule has 12 aromatic carbocycles. The highest BCUT2D eigenvalue weighted by atomic mass is 79.9. The lowest BCUT2D eigenvalue weighted by atomic mass is 9.82. The number of aromatic hydroxyl groups is 4. The summed E-state index contributed by atoms with van der Waals surface area (Å²) < 4.78 is 27.2. The first-order valence-electron chi connectivity index (χ1n) is 39.2. The van der Waals surface area contributed by atoms with Crippen molar-refractivity contribution in [1.29, 1.82) is 0 Å². The molecule has 0 heterocycles. The maximum Gasteiger partial charge on any atom is 0.409 e. The zero-order chi connectivity index (χ0) is 92.9. The van der Waals surface area contributed by atoms with Crippen LogP contribution in [0.4, 0.5) is 64.7 Å². The van der Waals surface area contributed by atoms with Crippen molar-refractivity contribution in [3.63, 3.8) is 0 Å². The summed E-state index contributed by atoms with van der Waals surface area (Å²) in [6.45, 7) is 5.86. The van der Waals surface area contributed by atoms with Crippen molar-refractivity contribution < 1.29 is 142 Å². The number of ether oxygens (including phenoxy) is 4. The van der Waals surface area contributed by atoms with E-state index in [0.717, 1.165) is 0 Å². The number of phenols is 4. The number of benzene rings is 12. The van der Waals surface area contributed by atoms with E-state index in [-0.39, 0.29) is 171 Å². The van der Waals surface area contributed by atoms with Gasteiger partial charge in [-0.25, -0.2) is 19.2 Å². The molecule has 4 aliphatic rings. The normalized spacial score (nSPS) is 13.2. The molecule has 672 valence electrons. The third kappa shape index (κ3) is 19.7. The first kappa shape index (κ1) is 98.1. The summed E-state index contributed by atoms with van der Waals surface area (Å²) in [5.41, 5.74) is 7.23. The minimum Gasteiger partial charge on any atom is -1.00 e. The van der Waals surface area contributed by atoms with Gasteiger partial charge in [0.15, 0.2) is 34.7 Å². The number of hydrogen-bond acceptors (Lipinski definition) is 22. The molecule has 16 rings (SSSR count). The summed E-state index contributed by atoms with van der Waals surface area (Å²) in [5, 5.41) is 62.2. The zero-order valence-corrected chi connectivity index (χ0v) is 84.3. The van der Waals surface area contributed by atoms with E-state index < -0.39 is 95.1 Å². The molecule has 0 bridgehead atoms. The Morgan fingerprint density at radius 3 is 0.758 bits per heavy atom. The van der Waals surface area contributed by atoms with Crippen molar-refractivity contribution in [2.24, 2.45) is 0 Å². The molecule has 4 unspecified atom stereocenters. The van der Waals surface area contributed by atoms with Gasteiger partial charge in [0.25, 0.3) is 0 Å². The predicted molar refractivity (Wildman–Crippen MR) is 504 cm³/mol. The second-order valence-corrected chi connectivity index (χ2v) is 36.5. The number of amides is 4. The lowest BCUT2D eigenvalue weighted by Gasteiger charge is -2.23. The van der Waals surface area contributed by atoms with Crippen LogP contribution in [-0.2, 0) is 18.9 Å². The van der Waals surface area contributed by atoms with Gasteiger partial charge in [0.2, 0.25) is 11.6 Å². The summed E-state index contributed by atoms with van der Waals surface area (Å²) >= 11 is 28.3. The summed E-state index contributed by atoms with van der Waals surface area (Å²) in [5.74, 6) is -4.76. The number of fused-ring (bicyclic) bond motifs is 8. The molecule has 14 N–H and O–H groups in total. The Bertz CT molecular complexity index is 6150. The fraction of sp³-hybridized carbons (Fsp3) is 0.106. The van der Waals surface area contributed by atoms with E-state index in [1.54, 1.807) is 196 Å². The first-order valence-corrected chi connectivity index (χ1v) is 45.6. The summed E-state index contributed by atoms with van der Waals surface area (Å²) in [4.78, 5) is 160. The van der Waals surface area contributed by atoms with Gasteiger partial charge in [-0.3, -0.25) is 49.0 Å². The van der Waals surface area contributed by atoms with Crippen LogP contribution in [0.5, 0.6) is 23.0 Å². The number of quaternary nitrogens is 2. The molecule has 0 spiro atoms. The van der Waals surface area contributed by atoms with Crippen molar-refractivity contribution in [3.05, 3.63) is 341 Å². The van der Waals surface area contributed by atoms with Crippen molar-refractivity contribution >= 4 is 244 Å². The number of ketones is 8. The molecule has 12 aromatic rings. The van der Waals surface area contributed by atoms with Crippen LogP contribution in [0.3, 0.4) is 0 Å². The van der Waals surface area contributed by atoms with E-state index in [9.17, 15) is 78.0 Å². The van der Waals surface area contributed by atoms with Crippen molar-refractivity contribution in [2.75, 3.05) is 24.0 Å². The van der Waals surface area contributed by atoms with E-state index in [1.807, 2.05) is 0 Å². The summed E-state index contributed by atoms with van der Waals surface area (Å²) in [7, 11) is 0. The number of carbonyl (C=O) groups excluding carboxylic acids is 12. The van der Waals surface area contributed by atoms with E-state index in [0.29, 0.717) is 92.2 Å². The Labute approximate surface area is 838 Å². The number of carbonyl (C=O) groups is 12. The molecule has 28 nitrogen and oxygen atoms in total. The molecule has 0 aliphatic heterocycles. The molecule has 132 heavy (non-hydrogen) atoms. The SMILES string of the molecule is CC(OC(=O)NCNC(=O)OC(C)c1cc(Nc2ccc(O)c3c2C(=O)c2ccccc2C3=O)c(Br)cc1Br)c1cc(Nc2ccc(O)c3c2C(=O)c2ccccc2C3=O)c(Br)cc1Br.CC(OC(=O)NCNC(=O)OC(C)c1cc([NH2+]c2ccc(O)c3c2C(=O)c2ccccc2C3=O)c(Br)cc1Br)c1cc([NH2+]c2ccc(O)c3c2C(=O)c2ccccc2C3=O)c(Br)cc1Br.[Br-].[Br-]. The zero-order valence-electron chi connectivity index (χ0n) is 68.5. The van der Waals surface area contributed by atoms with Crippen LogP contribution in [0, 0.1) is 0 Å². The van der Waals surface area contributed by atoms with Crippen molar-refractivity contribution in [3.8, 4) is 23.0 Å². The van der Waals surface area contributed by atoms with Crippen LogP contribution in [0.1, 0.15) is 202 Å². The molecule has 4 amide bonds. The highest BCUT2D eigenvalue weighted by Crippen LogP contribution is 2.47. The lowest BCUT2D eigenvalue weighted by molar-refractivity contribution is -0.480. The Morgan fingerprint density at radius 1 is 0.273 bits per heavy atom. The quantitative estimate of drug-likeness (QED) is 0.0146. The van der Waals surface area contributed by atoms with Gasteiger partial charge in [-0.1, -0.05) is 161 Å². The Morgan fingerprint density at radius 2 is 0.492 bits per heavy atom. The largest absolute Gasteiger partial charge is 1.00 e. The van der Waals surface area contributed by atoms with Crippen molar-refractivity contribution in [2.45, 2.75) is 52.1 Å². The maximum atomic E-state index is 13.7. The summed E-state index contributed by atoms with van der Waals surface area (Å²) in [6, 6.07) is 51.0. The average molecular weight is 2430 g/mol. The van der Waals surface area contributed by atoms with Gasteiger partial charge in [0, 0.05) is 118 Å².